The standard InChI is InChI=1S/C16H16N2O2/c1-2-10-7-13-14(8-10)16(20)18(15(13)19)12-5-3-11(9-17)4-6-12/h3-6,10,13-14H,2,7-8H2,1H3. The Hall–Kier alpha value is -2.15. The summed E-state index contributed by atoms with van der Waals surface area (Å²) in [6, 6.07) is 8.65. The minimum atomic E-state index is -0.136. The number of hydrogen-bond donors (Lipinski definition) is 0. The van der Waals surface area contributed by atoms with Gasteiger partial charge in [-0.25, -0.2) is 0 Å². The monoisotopic (exact) mass is 268 g/mol. The maximum atomic E-state index is 12.5. The van der Waals surface area contributed by atoms with E-state index < -0.39 is 0 Å². The number of rotatable bonds is 2. The van der Waals surface area contributed by atoms with Gasteiger partial charge in [0.05, 0.1) is 29.2 Å². The molecule has 1 saturated heterocycles. The maximum Gasteiger partial charge on any atom is 0.237 e. The summed E-state index contributed by atoms with van der Waals surface area (Å²) in [5.41, 5.74) is 1.11. The topological polar surface area (TPSA) is 61.2 Å². The molecule has 4 nitrogen and oxygen atoms in total. The molecule has 2 amide bonds. The third-order valence-electron chi connectivity index (χ3n) is 4.57. The second kappa shape index (κ2) is 4.75. The molecule has 2 unspecified atom stereocenters. The first-order valence-corrected chi connectivity index (χ1v) is 7.03. The van der Waals surface area contributed by atoms with Crippen LogP contribution in [0.25, 0.3) is 0 Å². The number of benzene rings is 1. The fourth-order valence-electron chi connectivity index (χ4n) is 3.40. The van der Waals surface area contributed by atoms with Gasteiger partial charge in [0.25, 0.3) is 0 Å². The highest BCUT2D eigenvalue weighted by molar-refractivity contribution is 6.22. The molecule has 2 fully saturated rings. The summed E-state index contributed by atoms with van der Waals surface area (Å²) in [6.07, 6.45) is 2.70. The average Bonchev–Trinajstić information content (AvgIpc) is 3.00. The Kier molecular flexibility index (Phi) is 3.06. The van der Waals surface area contributed by atoms with Gasteiger partial charge in [-0.2, -0.15) is 5.26 Å². The number of hydrogen-bond acceptors (Lipinski definition) is 3. The fraction of sp³-hybridized carbons (Fsp3) is 0.438. The summed E-state index contributed by atoms with van der Waals surface area (Å²) < 4.78 is 0. The second-order valence-corrected chi connectivity index (χ2v) is 5.63. The van der Waals surface area contributed by atoms with Gasteiger partial charge in [-0.1, -0.05) is 13.3 Å². The zero-order valence-corrected chi connectivity index (χ0v) is 11.4. The summed E-state index contributed by atoms with van der Waals surface area (Å²) in [4.78, 5) is 26.2. The maximum absolute atomic E-state index is 12.5. The van der Waals surface area contributed by atoms with Crippen LogP contribution in [0.5, 0.6) is 0 Å². The van der Waals surface area contributed by atoms with Crippen molar-refractivity contribution in [2.75, 3.05) is 4.90 Å². The third kappa shape index (κ3) is 1.82. The minimum absolute atomic E-state index is 0.0688. The molecule has 1 aromatic carbocycles. The Bertz CT molecular complexity index is 576. The van der Waals surface area contributed by atoms with E-state index in [2.05, 4.69) is 6.92 Å². The van der Waals surface area contributed by atoms with E-state index in [0.717, 1.165) is 19.3 Å². The van der Waals surface area contributed by atoms with E-state index in [4.69, 9.17) is 5.26 Å². The molecular weight excluding hydrogens is 252 g/mol. The van der Waals surface area contributed by atoms with Crippen LogP contribution in [0.2, 0.25) is 0 Å². The van der Waals surface area contributed by atoms with Crippen molar-refractivity contribution in [3.05, 3.63) is 29.8 Å². The van der Waals surface area contributed by atoms with Gasteiger partial charge in [-0.3, -0.25) is 14.5 Å². The average molecular weight is 268 g/mol. The number of nitrogens with zero attached hydrogens (tertiary/aromatic N) is 2. The van der Waals surface area contributed by atoms with Crippen LogP contribution in [0, 0.1) is 29.1 Å². The van der Waals surface area contributed by atoms with Crippen LogP contribution in [0.1, 0.15) is 31.7 Å². The summed E-state index contributed by atoms with van der Waals surface area (Å²) in [6.45, 7) is 2.11. The molecule has 4 heteroatoms. The smallest absolute Gasteiger partial charge is 0.237 e. The first-order valence-electron chi connectivity index (χ1n) is 7.03. The Morgan fingerprint density at radius 2 is 1.70 bits per heavy atom. The second-order valence-electron chi connectivity index (χ2n) is 5.63. The molecule has 2 aliphatic rings. The molecule has 1 aromatic rings. The molecule has 102 valence electrons. The lowest BCUT2D eigenvalue weighted by Crippen LogP contribution is -2.32. The summed E-state index contributed by atoms with van der Waals surface area (Å²) in [5, 5.41) is 8.79. The summed E-state index contributed by atoms with van der Waals surface area (Å²) >= 11 is 0. The molecule has 1 heterocycles. The summed E-state index contributed by atoms with van der Waals surface area (Å²) in [7, 11) is 0. The van der Waals surface area contributed by atoms with Gasteiger partial charge >= 0.3 is 0 Å². The van der Waals surface area contributed by atoms with Crippen molar-refractivity contribution in [2.45, 2.75) is 26.2 Å². The highest BCUT2D eigenvalue weighted by atomic mass is 16.2. The summed E-state index contributed by atoms with van der Waals surface area (Å²) in [5.74, 6) is 0.0912. The van der Waals surface area contributed by atoms with Gasteiger partial charge in [0.15, 0.2) is 0 Å². The van der Waals surface area contributed by atoms with Crippen molar-refractivity contribution in [3.63, 3.8) is 0 Å². The third-order valence-corrected chi connectivity index (χ3v) is 4.57. The molecule has 2 atom stereocenters. The van der Waals surface area contributed by atoms with E-state index >= 15 is 0 Å². The molecular formula is C16H16N2O2. The van der Waals surface area contributed by atoms with Crippen molar-refractivity contribution in [3.8, 4) is 6.07 Å². The van der Waals surface area contributed by atoms with Crippen LogP contribution in [0.15, 0.2) is 24.3 Å². The van der Waals surface area contributed by atoms with Crippen molar-refractivity contribution in [1.82, 2.24) is 0 Å². The van der Waals surface area contributed by atoms with Crippen molar-refractivity contribution < 1.29 is 9.59 Å². The number of amides is 2. The SMILES string of the molecule is CCC1CC2C(=O)N(c3ccc(C#N)cc3)C(=O)C2C1. The van der Waals surface area contributed by atoms with Crippen LogP contribution >= 0.6 is 0 Å². The zero-order valence-electron chi connectivity index (χ0n) is 11.4. The van der Waals surface area contributed by atoms with Crippen LogP contribution in [-0.4, -0.2) is 11.8 Å². The molecule has 0 radical (unpaired) electrons. The normalized spacial score (nSPS) is 28.6. The van der Waals surface area contributed by atoms with Gasteiger partial charge in [0.1, 0.15) is 0 Å². The van der Waals surface area contributed by atoms with Crippen molar-refractivity contribution in [2.24, 2.45) is 17.8 Å². The van der Waals surface area contributed by atoms with Crippen LogP contribution in [0.3, 0.4) is 0 Å². The molecule has 1 aliphatic carbocycles. The van der Waals surface area contributed by atoms with Crippen LogP contribution < -0.4 is 4.90 Å². The van der Waals surface area contributed by atoms with E-state index in [9.17, 15) is 9.59 Å². The highest BCUT2D eigenvalue weighted by Gasteiger charge is 2.52. The Labute approximate surface area is 118 Å². The van der Waals surface area contributed by atoms with Gasteiger partial charge < -0.3 is 0 Å². The Balaban J connectivity index is 1.88. The highest BCUT2D eigenvalue weighted by Crippen LogP contribution is 2.45. The molecule has 0 bridgehead atoms. The number of nitriles is 1. The van der Waals surface area contributed by atoms with Gasteiger partial charge in [-0.05, 0) is 43.0 Å². The molecule has 0 spiro atoms. The number of carbonyl (C=O) groups is 2. The van der Waals surface area contributed by atoms with E-state index in [1.807, 2.05) is 6.07 Å². The molecule has 0 N–H and O–H groups in total. The molecule has 0 aromatic heterocycles. The molecule has 20 heavy (non-hydrogen) atoms. The van der Waals surface area contributed by atoms with Crippen molar-refractivity contribution >= 4 is 17.5 Å². The molecule has 1 aliphatic heterocycles. The quantitative estimate of drug-likeness (QED) is 0.774. The van der Waals surface area contributed by atoms with E-state index in [1.165, 1.54) is 4.90 Å². The number of anilines is 1. The minimum Gasteiger partial charge on any atom is -0.274 e. The van der Waals surface area contributed by atoms with Gasteiger partial charge in [-0.15, -0.1) is 0 Å². The number of fused-ring (bicyclic) bond motifs is 1. The Morgan fingerprint density at radius 3 is 2.15 bits per heavy atom. The first-order chi connectivity index (χ1) is 9.65. The predicted octanol–water partition coefficient (Wildman–Crippen LogP) is 2.48. The van der Waals surface area contributed by atoms with E-state index in [-0.39, 0.29) is 23.7 Å². The lowest BCUT2D eigenvalue weighted by atomic mass is 10.00. The lowest BCUT2D eigenvalue weighted by molar-refractivity contribution is -0.123. The molecule has 1 saturated carbocycles. The fourth-order valence-corrected chi connectivity index (χ4v) is 3.40. The lowest BCUT2D eigenvalue weighted by Gasteiger charge is -2.17. The largest absolute Gasteiger partial charge is 0.274 e. The zero-order chi connectivity index (χ0) is 14.3. The van der Waals surface area contributed by atoms with Crippen molar-refractivity contribution in [1.29, 1.82) is 5.26 Å². The van der Waals surface area contributed by atoms with E-state index in [1.54, 1.807) is 24.3 Å². The molecule has 3 rings (SSSR count). The Morgan fingerprint density at radius 1 is 1.15 bits per heavy atom. The van der Waals surface area contributed by atoms with Gasteiger partial charge in [0, 0.05) is 0 Å². The van der Waals surface area contributed by atoms with Crippen LogP contribution in [0.4, 0.5) is 5.69 Å². The van der Waals surface area contributed by atoms with Crippen LogP contribution in [-0.2, 0) is 9.59 Å². The number of carbonyl (C=O) groups excluding carboxylic acids is 2. The van der Waals surface area contributed by atoms with E-state index in [0.29, 0.717) is 17.2 Å². The van der Waals surface area contributed by atoms with Gasteiger partial charge in [0.2, 0.25) is 11.8 Å². The first kappa shape index (κ1) is 12.9. The number of imide groups is 1. The predicted molar refractivity (Wildman–Crippen MR) is 73.6 cm³/mol.